The second-order valence-corrected chi connectivity index (χ2v) is 9.74. The van der Waals surface area contributed by atoms with E-state index in [0.29, 0.717) is 17.6 Å². The Kier molecular flexibility index (Phi) is 5.30. The average molecular weight is 380 g/mol. The average Bonchev–Trinajstić information content (AvgIpc) is 3.19. The maximum Gasteiger partial charge on any atom is 0.264 e. The summed E-state index contributed by atoms with van der Waals surface area (Å²) in [5, 5.41) is 9.62. The lowest BCUT2D eigenvalue weighted by Gasteiger charge is -2.32. The van der Waals surface area contributed by atoms with Gasteiger partial charge in [0.15, 0.2) is 5.78 Å². The Labute approximate surface area is 157 Å². The summed E-state index contributed by atoms with van der Waals surface area (Å²) >= 11 is 3.12. The summed E-state index contributed by atoms with van der Waals surface area (Å²) in [6.45, 7) is 7.63. The van der Waals surface area contributed by atoms with E-state index in [4.69, 9.17) is 0 Å². The van der Waals surface area contributed by atoms with Crippen molar-refractivity contribution in [2.45, 2.75) is 50.7 Å². The smallest absolute Gasteiger partial charge is 0.264 e. The number of nitrogens with zero attached hydrogens (tertiary/aromatic N) is 1. The molecule has 2 aliphatic rings. The first-order valence-corrected chi connectivity index (χ1v) is 10.7. The third kappa shape index (κ3) is 3.26. The van der Waals surface area contributed by atoms with Crippen LogP contribution < -0.4 is 0 Å². The molecule has 136 valence electrons. The highest BCUT2D eigenvalue weighted by atomic mass is 32.2. The van der Waals surface area contributed by atoms with Crippen LogP contribution in [0, 0.1) is 5.41 Å². The number of amides is 1. The molecule has 1 aromatic rings. The van der Waals surface area contributed by atoms with Crippen molar-refractivity contribution in [2.24, 2.45) is 5.41 Å². The number of allylic oxidation sites excluding steroid dienone is 1. The van der Waals surface area contributed by atoms with Gasteiger partial charge in [0.1, 0.15) is 0 Å². The summed E-state index contributed by atoms with van der Waals surface area (Å²) in [5.74, 6) is 0.866. The summed E-state index contributed by atoms with van der Waals surface area (Å²) in [4.78, 5) is 28.7. The molecule has 0 bridgehead atoms. The SMILES string of the molecule is CCCSc1sc(C(=O)N2CCCC2)c2c1C(=O)/C(=C/O)C(C)(C)C2. The number of ketones is 1. The lowest BCUT2D eigenvalue weighted by Crippen LogP contribution is -2.33. The first-order chi connectivity index (χ1) is 11.9. The molecule has 0 saturated carbocycles. The van der Waals surface area contributed by atoms with Crippen LogP contribution in [0.2, 0.25) is 0 Å². The Bertz CT molecular complexity index is 727. The van der Waals surface area contributed by atoms with Crippen LogP contribution in [0.3, 0.4) is 0 Å². The topological polar surface area (TPSA) is 57.6 Å². The normalized spacial score (nSPS) is 21.0. The highest BCUT2D eigenvalue weighted by Gasteiger charge is 2.42. The van der Waals surface area contributed by atoms with Gasteiger partial charge in [0.05, 0.1) is 20.9 Å². The monoisotopic (exact) mass is 379 g/mol. The number of hydrogen-bond acceptors (Lipinski definition) is 5. The third-order valence-corrected chi connectivity index (χ3v) is 7.65. The molecule has 3 rings (SSSR count). The van der Waals surface area contributed by atoms with Gasteiger partial charge in [0.25, 0.3) is 5.91 Å². The molecular weight excluding hydrogens is 354 g/mol. The molecule has 1 aliphatic heterocycles. The number of thiophene rings is 1. The van der Waals surface area contributed by atoms with E-state index in [1.807, 2.05) is 18.7 Å². The Hall–Kier alpha value is -1.27. The number of thioether (sulfide) groups is 1. The van der Waals surface area contributed by atoms with Gasteiger partial charge in [-0.2, -0.15) is 0 Å². The largest absolute Gasteiger partial charge is 0.515 e. The molecule has 25 heavy (non-hydrogen) atoms. The fourth-order valence-corrected chi connectivity index (χ4v) is 6.09. The summed E-state index contributed by atoms with van der Waals surface area (Å²) < 4.78 is 0.930. The van der Waals surface area contributed by atoms with Crippen LogP contribution in [0.25, 0.3) is 0 Å². The quantitative estimate of drug-likeness (QED) is 0.468. The Morgan fingerprint density at radius 2 is 2.04 bits per heavy atom. The van der Waals surface area contributed by atoms with Crippen molar-refractivity contribution < 1.29 is 14.7 Å². The van der Waals surface area contributed by atoms with Gasteiger partial charge in [-0.15, -0.1) is 23.1 Å². The van der Waals surface area contributed by atoms with Crippen LogP contribution in [-0.2, 0) is 6.42 Å². The van der Waals surface area contributed by atoms with Gasteiger partial charge >= 0.3 is 0 Å². The molecule has 0 spiro atoms. The minimum absolute atomic E-state index is 0.0714. The summed E-state index contributed by atoms with van der Waals surface area (Å²) in [6.07, 6.45) is 4.68. The molecule has 1 fully saturated rings. The van der Waals surface area contributed by atoms with Gasteiger partial charge in [-0.1, -0.05) is 20.8 Å². The molecule has 1 saturated heterocycles. The molecule has 1 aliphatic carbocycles. The molecule has 0 radical (unpaired) electrons. The van der Waals surface area contributed by atoms with E-state index in [1.165, 1.54) is 11.3 Å². The molecule has 1 aromatic heterocycles. The highest BCUT2D eigenvalue weighted by molar-refractivity contribution is 8.01. The second kappa shape index (κ2) is 7.16. The van der Waals surface area contributed by atoms with Crippen molar-refractivity contribution in [1.82, 2.24) is 4.90 Å². The minimum Gasteiger partial charge on any atom is -0.515 e. The number of fused-ring (bicyclic) bond motifs is 1. The summed E-state index contributed by atoms with van der Waals surface area (Å²) in [6, 6.07) is 0. The van der Waals surface area contributed by atoms with E-state index in [9.17, 15) is 14.7 Å². The standard InChI is InChI=1S/C19H25NO3S2/c1-4-9-24-18-14-12(10-19(2,3)13(11-21)15(14)22)16(25-18)17(23)20-7-5-6-8-20/h11,21H,4-10H2,1-3H3/b13-11-. The Morgan fingerprint density at radius 3 is 2.64 bits per heavy atom. The van der Waals surface area contributed by atoms with Gasteiger partial charge in [0.2, 0.25) is 0 Å². The van der Waals surface area contributed by atoms with Crippen molar-refractivity contribution in [3.63, 3.8) is 0 Å². The number of aliphatic hydroxyl groups excluding tert-OH is 1. The van der Waals surface area contributed by atoms with Crippen LogP contribution in [0.1, 0.15) is 65.6 Å². The van der Waals surface area contributed by atoms with Crippen LogP contribution in [0.5, 0.6) is 0 Å². The Balaban J connectivity index is 2.09. The van der Waals surface area contributed by atoms with Crippen LogP contribution in [0.4, 0.5) is 0 Å². The minimum atomic E-state index is -0.466. The predicted molar refractivity (Wildman–Crippen MR) is 103 cm³/mol. The lowest BCUT2D eigenvalue weighted by molar-refractivity contribution is 0.0796. The molecule has 0 aromatic carbocycles. The molecule has 6 heteroatoms. The Morgan fingerprint density at radius 1 is 1.36 bits per heavy atom. The van der Waals surface area contributed by atoms with Gasteiger partial charge in [-0.3, -0.25) is 9.59 Å². The maximum atomic E-state index is 13.0. The van der Waals surface area contributed by atoms with E-state index in [1.54, 1.807) is 11.8 Å². The zero-order chi connectivity index (χ0) is 18.2. The van der Waals surface area contributed by atoms with E-state index in [2.05, 4.69) is 6.92 Å². The number of aliphatic hydroxyl groups is 1. The number of carbonyl (C=O) groups is 2. The highest BCUT2D eigenvalue weighted by Crippen LogP contribution is 2.47. The van der Waals surface area contributed by atoms with Crippen molar-refractivity contribution in [2.75, 3.05) is 18.8 Å². The number of likely N-dealkylation sites (tertiary alicyclic amines) is 1. The molecular formula is C19H25NO3S2. The zero-order valence-electron chi connectivity index (χ0n) is 15.1. The van der Waals surface area contributed by atoms with Gasteiger partial charge in [-0.05, 0) is 37.0 Å². The molecule has 0 atom stereocenters. The van der Waals surface area contributed by atoms with E-state index >= 15 is 0 Å². The first-order valence-electron chi connectivity index (χ1n) is 8.88. The second-order valence-electron chi connectivity index (χ2n) is 7.35. The lowest BCUT2D eigenvalue weighted by atomic mass is 9.71. The van der Waals surface area contributed by atoms with Crippen LogP contribution >= 0.6 is 23.1 Å². The molecule has 1 amide bonds. The van der Waals surface area contributed by atoms with Crippen LogP contribution in [0.15, 0.2) is 16.0 Å². The van der Waals surface area contributed by atoms with Crippen molar-refractivity contribution in [1.29, 1.82) is 0 Å². The molecule has 4 nitrogen and oxygen atoms in total. The molecule has 0 unspecified atom stereocenters. The third-order valence-electron chi connectivity index (χ3n) is 4.95. The van der Waals surface area contributed by atoms with Crippen molar-refractivity contribution >= 4 is 34.8 Å². The van der Waals surface area contributed by atoms with Crippen molar-refractivity contribution in [3.05, 3.63) is 27.8 Å². The van der Waals surface area contributed by atoms with Gasteiger partial charge in [-0.25, -0.2) is 0 Å². The van der Waals surface area contributed by atoms with Gasteiger partial charge < -0.3 is 10.0 Å². The van der Waals surface area contributed by atoms with E-state index < -0.39 is 5.41 Å². The van der Waals surface area contributed by atoms with E-state index in [0.717, 1.165) is 59.0 Å². The number of rotatable bonds is 4. The zero-order valence-corrected chi connectivity index (χ0v) is 16.7. The van der Waals surface area contributed by atoms with Crippen LogP contribution in [-0.4, -0.2) is 40.5 Å². The summed E-state index contributed by atoms with van der Waals surface area (Å²) in [5.41, 5.74) is 1.52. The van der Waals surface area contributed by atoms with Crippen molar-refractivity contribution in [3.8, 4) is 0 Å². The first kappa shape index (κ1) is 18.5. The predicted octanol–water partition coefficient (Wildman–Crippen LogP) is 4.69. The number of hydrogen-bond donors (Lipinski definition) is 1. The molecule has 2 heterocycles. The maximum absolute atomic E-state index is 13.0. The van der Waals surface area contributed by atoms with E-state index in [-0.39, 0.29) is 11.7 Å². The fraction of sp³-hybridized carbons (Fsp3) is 0.579. The molecule has 1 N–H and O–H groups in total. The number of Topliss-reactive ketones (excluding diaryl/α,β-unsaturated/α-hetero) is 1. The number of carbonyl (C=O) groups excluding carboxylic acids is 2. The van der Waals surface area contributed by atoms with Gasteiger partial charge in [0, 0.05) is 24.1 Å². The summed E-state index contributed by atoms with van der Waals surface area (Å²) in [7, 11) is 0. The fourth-order valence-electron chi connectivity index (χ4n) is 3.59.